The Hall–Kier alpha value is -2.72. The minimum atomic E-state index is -2.31. The van der Waals surface area contributed by atoms with Crippen molar-refractivity contribution in [1.29, 1.82) is 0 Å². The molecule has 1 aromatic carbocycles. The molecule has 0 spiro atoms. The van der Waals surface area contributed by atoms with Crippen LogP contribution in [0.25, 0.3) is 43.5 Å². The van der Waals surface area contributed by atoms with E-state index in [0.717, 1.165) is 32.1 Å². The first-order chi connectivity index (χ1) is 15.8. The first-order valence-corrected chi connectivity index (χ1v) is 10.3. The highest BCUT2D eigenvalue weighted by Gasteiger charge is 2.19. The minimum absolute atomic E-state index is 0.00476. The highest BCUT2D eigenvalue weighted by atomic mass is 32.1. The largest absolute Gasteiger partial charge is 0.437 e. The fraction of sp³-hybridized carbons (Fsp3) is 0.280. The smallest absolute Gasteiger partial charge is 0.227 e. The van der Waals surface area contributed by atoms with Crippen molar-refractivity contribution in [1.82, 2.24) is 9.97 Å². The molecule has 29 heavy (non-hydrogen) atoms. The molecule has 0 bridgehead atoms. The fourth-order valence-electron chi connectivity index (χ4n) is 3.59. The lowest BCUT2D eigenvalue weighted by Crippen LogP contribution is -2.08. The van der Waals surface area contributed by atoms with Gasteiger partial charge in [0.05, 0.1) is 5.69 Å². The van der Waals surface area contributed by atoms with Crippen LogP contribution in [0.5, 0.6) is 0 Å². The quantitative estimate of drug-likeness (QED) is 0.306. The summed E-state index contributed by atoms with van der Waals surface area (Å²) < 4.78 is 46.4. The molecule has 0 fully saturated rings. The molecule has 3 nitrogen and oxygen atoms in total. The van der Waals surface area contributed by atoms with E-state index >= 15 is 0 Å². The van der Waals surface area contributed by atoms with Gasteiger partial charge in [0.1, 0.15) is 10.4 Å². The van der Waals surface area contributed by atoms with Gasteiger partial charge in [0.25, 0.3) is 0 Å². The minimum Gasteiger partial charge on any atom is -0.437 e. The Labute approximate surface area is 181 Å². The van der Waals surface area contributed by atoms with Gasteiger partial charge in [-0.1, -0.05) is 32.9 Å². The third-order valence-corrected chi connectivity index (χ3v) is 6.05. The lowest BCUT2D eigenvalue weighted by molar-refractivity contribution is 0.414. The molecular weight excluding hydrogens is 376 g/mol. The van der Waals surface area contributed by atoms with Crippen molar-refractivity contribution < 1.29 is 11.3 Å². The van der Waals surface area contributed by atoms with E-state index in [-0.39, 0.29) is 11.4 Å². The summed E-state index contributed by atoms with van der Waals surface area (Å²) in [6.07, 6.45) is -1.49. The van der Waals surface area contributed by atoms with E-state index in [1.165, 1.54) is 17.4 Å². The van der Waals surface area contributed by atoms with Crippen molar-refractivity contribution >= 4 is 43.6 Å². The fourth-order valence-corrected chi connectivity index (χ4v) is 4.88. The van der Waals surface area contributed by atoms with Gasteiger partial charge in [-0.05, 0) is 61.5 Å². The summed E-state index contributed by atoms with van der Waals surface area (Å²) in [6.45, 7) is 5.36. The Morgan fingerprint density at radius 2 is 1.86 bits per heavy atom. The molecule has 0 aliphatic carbocycles. The summed E-state index contributed by atoms with van der Waals surface area (Å²) in [5.74, 6) is 0. The molecule has 0 saturated heterocycles. The van der Waals surface area contributed by atoms with Crippen LogP contribution in [0.15, 0.2) is 46.9 Å². The van der Waals surface area contributed by atoms with Crippen LogP contribution < -0.4 is 0 Å². The van der Waals surface area contributed by atoms with Crippen LogP contribution in [0.2, 0.25) is 0 Å². The predicted molar refractivity (Wildman–Crippen MR) is 123 cm³/mol. The molecule has 0 amide bonds. The average Bonchev–Trinajstić information content (AvgIpc) is 3.29. The number of benzene rings is 1. The molecule has 0 N–H and O–H groups in total. The molecule has 0 unspecified atom stereocenters. The number of furan rings is 1. The lowest BCUT2D eigenvalue weighted by Gasteiger charge is -2.17. The molecule has 0 atom stereocenters. The first-order valence-electron chi connectivity index (χ1n) is 12.0. The number of nitrogens with zero attached hydrogens (tertiary/aromatic N) is 2. The SMILES string of the molecule is [2H]C([2H])([2H])c1ccc2c(n1)oc1c(-c3ccc4c(C)c(C([2H])([2H])C(C)(C)C)sc4n3)cccc12. The van der Waals surface area contributed by atoms with Gasteiger partial charge >= 0.3 is 0 Å². The number of para-hydroxylation sites is 1. The lowest BCUT2D eigenvalue weighted by atomic mass is 9.90. The van der Waals surface area contributed by atoms with E-state index in [2.05, 4.69) is 4.98 Å². The average molecular weight is 406 g/mol. The Balaban J connectivity index is 1.69. The van der Waals surface area contributed by atoms with Crippen LogP contribution in [0.3, 0.4) is 0 Å². The van der Waals surface area contributed by atoms with E-state index in [1.54, 1.807) is 6.07 Å². The van der Waals surface area contributed by atoms with E-state index in [9.17, 15) is 0 Å². The zero-order chi connectivity index (χ0) is 24.6. The molecule has 0 saturated carbocycles. The molecule has 4 aromatic heterocycles. The number of pyridine rings is 2. The molecule has 0 aliphatic heterocycles. The van der Waals surface area contributed by atoms with Gasteiger partial charge in [-0.15, -0.1) is 11.3 Å². The van der Waals surface area contributed by atoms with Crippen molar-refractivity contribution in [2.24, 2.45) is 5.41 Å². The summed E-state index contributed by atoms with van der Waals surface area (Å²) in [6, 6.07) is 12.9. The maximum atomic E-state index is 8.73. The first kappa shape index (κ1) is 13.5. The molecule has 4 heterocycles. The van der Waals surface area contributed by atoms with E-state index in [4.69, 9.17) is 16.3 Å². The van der Waals surface area contributed by atoms with Crippen LogP contribution >= 0.6 is 11.3 Å². The number of thiophene rings is 1. The van der Waals surface area contributed by atoms with Crippen molar-refractivity contribution in [3.05, 3.63) is 58.6 Å². The summed E-state index contributed by atoms with van der Waals surface area (Å²) in [5.41, 5.74) is 2.72. The van der Waals surface area contributed by atoms with Crippen LogP contribution in [-0.4, -0.2) is 9.97 Å². The molecule has 0 aliphatic rings. The third-order valence-electron chi connectivity index (χ3n) is 4.93. The van der Waals surface area contributed by atoms with Crippen LogP contribution in [0, 0.1) is 19.2 Å². The second-order valence-corrected chi connectivity index (χ2v) is 9.31. The predicted octanol–water partition coefficient (Wildman–Crippen LogP) is 7.46. The van der Waals surface area contributed by atoms with E-state index in [0.29, 0.717) is 16.2 Å². The topological polar surface area (TPSA) is 38.9 Å². The van der Waals surface area contributed by atoms with E-state index < -0.39 is 18.6 Å². The number of aromatic nitrogens is 2. The number of rotatable bonds is 2. The van der Waals surface area contributed by atoms with E-state index in [1.807, 2.05) is 58.0 Å². The highest BCUT2D eigenvalue weighted by molar-refractivity contribution is 7.18. The maximum absolute atomic E-state index is 8.73. The van der Waals surface area contributed by atoms with Gasteiger partial charge in [0.15, 0.2) is 0 Å². The molecule has 5 rings (SSSR count). The molecule has 5 aromatic rings. The molecule has 146 valence electrons. The van der Waals surface area contributed by atoms with Gasteiger partial charge in [0, 0.05) is 39.1 Å². The van der Waals surface area contributed by atoms with Gasteiger partial charge in [-0.25, -0.2) is 9.97 Å². The Morgan fingerprint density at radius 1 is 1.03 bits per heavy atom. The second kappa shape index (κ2) is 6.39. The summed E-state index contributed by atoms with van der Waals surface area (Å²) >= 11 is 1.39. The normalized spacial score (nSPS) is 15.9. The highest BCUT2D eigenvalue weighted by Crippen LogP contribution is 2.38. The Kier molecular flexibility index (Phi) is 2.97. The monoisotopic (exact) mass is 405 g/mol. The number of hydrogen-bond acceptors (Lipinski definition) is 4. The van der Waals surface area contributed by atoms with Crippen molar-refractivity contribution in [3.8, 4) is 11.3 Å². The zero-order valence-electron chi connectivity index (χ0n) is 21.8. The van der Waals surface area contributed by atoms with Crippen LogP contribution in [0.4, 0.5) is 0 Å². The van der Waals surface area contributed by atoms with Crippen molar-refractivity contribution in [2.75, 3.05) is 0 Å². The number of hydrogen-bond donors (Lipinski definition) is 0. The van der Waals surface area contributed by atoms with Gasteiger partial charge in [-0.2, -0.15) is 0 Å². The second-order valence-electron chi connectivity index (χ2n) is 8.31. The molecule has 0 radical (unpaired) electrons. The van der Waals surface area contributed by atoms with Crippen molar-refractivity contribution in [2.45, 2.75) is 40.9 Å². The third kappa shape index (κ3) is 3.12. The van der Waals surface area contributed by atoms with Crippen LogP contribution in [-0.2, 0) is 6.37 Å². The van der Waals surface area contributed by atoms with Gasteiger partial charge < -0.3 is 4.42 Å². The summed E-state index contributed by atoms with van der Waals surface area (Å²) in [5, 5.41) is 2.53. The Morgan fingerprint density at radius 3 is 2.66 bits per heavy atom. The zero-order valence-corrected chi connectivity index (χ0v) is 17.6. The maximum Gasteiger partial charge on any atom is 0.227 e. The molecule has 4 heteroatoms. The number of fused-ring (bicyclic) bond motifs is 4. The van der Waals surface area contributed by atoms with Crippen LogP contribution in [0.1, 0.15) is 43.8 Å². The number of aryl methyl sites for hydroxylation is 2. The Bertz CT molecular complexity index is 1570. The summed E-state index contributed by atoms with van der Waals surface area (Å²) in [4.78, 5) is 10.6. The standard InChI is InChI=1S/C25H24N2OS/c1-14-9-10-18-17-7-6-8-19(22(17)28-23(18)26-14)20-12-11-16-15(2)21(13-25(3,4)5)29-24(16)27-20/h6-12H,13H2,1-5H3/i1D3,13D2. The summed E-state index contributed by atoms with van der Waals surface area (Å²) in [7, 11) is 0. The van der Waals surface area contributed by atoms with Gasteiger partial charge in [0.2, 0.25) is 5.71 Å². The van der Waals surface area contributed by atoms with Crippen molar-refractivity contribution in [3.63, 3.8) is 0 Å². The van der Waals surface area contributed by atoms with Gasteiger partial charge in [-0.3, -0.25) is 0 Å². The molecular formula is C25H24N2OS.